The van der Waals surface area contributed by atoms with Crippen LogP contribution in [0.1, 0.15) is 80.7 Å². The quantitative estimate of drug-likeness (QED) is 0.106. The molecule has 0 fully saturated rings. The number of hydrogen-bond acceptors (Lipinski definition) is 9. The van der Waals surface area contributed by atoms with Gasteiger partial charge in [0.15, 0.2) is 0 Å². The first-order chi connectivity index (χ1) is 24.8. The first-order valence-electron chi connectivity index (χ1n) is 17.9. The fraction of sp³-hybridized carbons (Fsp3) is 0.500. The number of carbonyl (C=O) groups is 5. The standard InChI is InChI=1S/C36H49N5O6.C4H8O2/c1-24(19-26(21-38-33(44)46-35(2,3)4)22-39-34(45)47-36(5,6)7)31(42)41-30(18-17-25-13-9-8-10-14-25)32(43)40-28-20-27-15-11-12-16-29(27)37-23-28;1-3-6-4(2)5/h8-16,20,23-24,26,30H,17-19,21-22H2,1-7H3,(H,38,44)(H,39,45)(H,40,43)(H,41,42);3H2,1-2H3/t24-,30+;/m0./s1. The molecule has 1 aromatic heterocycles. The van der Waals surface area contributed by atoms with E-state index in [1.807, 2.05) is 60.7 Å². The SMILES string of the molecule is CCOC(C)=O.C[C@@H](CC(CNC(=O)OC(C)(C)C)CNC(=O)OC(C)(C)C)C(=O)N[C@H](CCc1ccccc1)C(=O)Nc1cnc2ccccc2c1. The molecule has 13 nitrogen and oxygen atoms in total. The lowest BCUT2D eigenvalue weighted by Crippen LogP contribution is -2.47. The molecule has 0 aliphatic carbocycles. The van der Waals surface area contributed by atoms with Crippen molar-refractivity contribution in [2.24, 2.45) is 11.8 Å². The summed E-state index contributed by atoms with van der Waals surface area (Å²) >= 11 is 0. The number of rotatable bonds is 14. The third kappa shape index (κ3) is 18.7. The summed E-state index contributed by atoms with van der Waals surface area (Å²) in [6, 6.07) is 18.4. The predicted octanol–water partition coefficient (Wildman–Crippen LogP) is 6.55. The van der Waals surface area contributed by atoms with E-state index in [9.17, 15) is 24.0 Å². The number of hydrogen-bond donors (Lipinski definition) is 4. The number of alkyl carbamates (subject to hydrolysis) is 2. The fourth-order valence-electron chi connectivity index (χ4n) is 5.04. The van der Waals surface area contributed by atoms with E-state index in [2.05, 4.69) is 31.0 Å². The Hall–Kier alpha value is -5.20. The normalized spacial score (nSPS) is 12.3. The second-order valence-electron chi connectivity index (χ2n) is 14.7. The minimum absolute atomic E-state index is 0.148. The topological polar surface area (TPSA) is 174 Å². The van der Waals surface area contributed by atoms with Crippen LogP contribution in [0.3, 0.4) is 0 Å². The molecule has 0 saturated heterocycles. The Morgan fingerprint density at radius 3 is 1.89 bits per heavy atom. The van der Waals surface area contributed by atoms with Gasteiger partial charge in [-0.2, -0.15) is 0 Å². The van der Waals surface area contributed by atoms with Crippen LogP contribution in [-0.2, 0) is 35.0 Å². The number of carbonyl (C=O) groups excluding carboxylic acids is 5. The highest BCUT2D eigenvalue weighted by atomic mass is 16.6. The zero-order valence-electron chi connectivity index (χ0n) is 32.5. The summed E-state index contributed by atoms with van der Waals surface area (Å²) in [5.41, 5.74) is 1.02. The van der Waals surface area contributed by atoms with E-state index in [4.69, 9.17) is 9.47 Å². The molecule has 13 heteroatoms. The molecule has 4 N–H and O–H groups in total. The molecule has 0 aliphatic rings. The highest BCUT2D eigenvalue weighted by molar-refractivity contribution is 5.98. The van der Waals surface area contributed by atoms with Gasteiger partial charge in [0.2, 0.25) is 11.8 Å². The second-order valence-corrected chi connectivity index (χ2v) is 14.7. The summed E-state index contributed by atoms with van der Waals surface area (Å²) in [4.78, 5) is 66.1. The summed E-state index contributed by atoms with van der Waals surface area (Å²) in [6.07, 6.45) is 1.65. The number of aromatic nitrogens is 1. The van der Waals surface area contributed by atoms with Crippen molar-refractivity contribution < 1.29 is 38.2 Å². The first-order valence-corrected chi connectivity index (χ1v) is 17.9. The van der Waals surface area contributed by atoms with E-state index in [1.165, 1.54) is 6.92 Å². The number of anilines is 1. The van der Waals surface area contributed by atoms with Gasteiger partial charge in [0.05, 0.1) is 24.0 Å². The van der Waals surface area contributed by atoms with Gasteiger partial charge in [0.25, 0.3) is 0 Å². The molecule has 4 amide bonds. The Bertz CT molecular complexity index is 1600. The maximum atomic E-state index is 13.6. The van der Waals surface area contributed by atoms with Gasteiger partial charge in [-0.1, -0.05) is 55.5 Å². The van der Waals surface area contributed by atoms with Crippen LogP contribution in [0.5, 0.6) is 0 Å². The van der Waals surface area contributed by atoms with Gasteiger partial charge in [0.1, 0.15) is 17.2 Å². The van der Waals surface area contributed by atoms with Crippen LogP contribution in [-0.4, -0.2) is 71.9 Å². The maximum Gasteiger partial charge on any atom is 0.407 e. The molecule has 290 valence electrons. The summed E-state index contributed by atoms with van der Waals surface area (Å²) in [5.74, 6) is -1.79. The Labute approximate surface area is 313 Å². The van der Waals surface area contributed by atoms with E-state index < -0.39 is 35.3 Å². The van der Waals surface area contributed by atoms with Crippen molar-refractivity contribution in [3.63, 3.8) is 0 Å². The third-order valence-corrected chi connectivity index (χ3v) is 7.41. The molecule has 2 atom stereocenters. The number of fused-ring (bicyclic) bond motifs is 1. The number of amides is 4. The molecule has 3 rings (SSSR count). The molecule has 0 spiro atoms. The summed E-state index contributed by atoms with van der Waals surface area (Å²) in [6.45, 7) is 16.3. The first kappa shape index (κ1) is 44.0. The molecular weight excluding hydrogens is 678 g/mol. The van der Waals surface area contributed by atoms with Crippen molar-refractivity contribution in [3.05, 3.63) is 72.4 Å². The molecule has 0 radical (unpaired) electrons. The molecule has 2 aromatic carbocycles. The average Bonchev–Trinajstić information content (AvgIpc) is 3.06. The van der Waals surface area contributed by atoms with Crippen molar-refractivity contribution in [3.8, 4) is 0 Å². The Morgan fingerprint density at radius 2 is 1.36 bits per heavy atom. The van der Waals surface area contributed by atoms with Gasteiger partial charge in [-0.05, 0) is 91.3 Å². The number of pyridine rings is 1. The van der Waals surface area contributed by atoms with E-state index in [-0.39, 0.29) is 36.8 Å². The second kappa shape index (κ2) is 21.4. The molecule has 3 aromatic rings. The van der Waals surface area contributed by atoms with Crippen LogP contribution in [0.15, 0.2) is 66.9 Å². The zero-order valence-corrected chi connectivity index (χ0v) is 32.5. The van der Waals surface area contributed by atoms with Crippen LogP contribution < -0.4 is 21.3 Å². The van der Waals surface area contributed by atoms with Crippen LogP contribution in [0.4, 0.5) is 15.3 Å². The number of para-hydroxylation sites is 1. The monoisotopic (exact) mass is 735 g/mol. The lowest BCUT2D eigenvalue weighted by Gasteiger charge is -2.26. The summed E-state index contributed by atoms with van der Waals surface area (Å²) in [7, 11) is 0. The highest BCUT2D eigenvalue weighted by Gasteiger charge is 2.27. The lowest BCUT2D eigenvalue weighted by molar-refractivity contribution is -0.140. The number of benzene rings is 2. The predicted molar refractivity (Wildman–Crippen MR) is 205 cm³/mol. The number of nitrogens with zero attached hydrogens (tertiary/aromatic N) is 1. The lowest BCUT2D eigenvalue weighted by atomic mass is 9.94. The van der Waals surface area contributed by atoms with Gasteiger partial charge in [-0.3, -0.25) is 19.4 Å². The molecule has 0 aliphatic heterocycles. The Kier molecular flexibility index (Phi) is 17.7. The Morgan fingerprint density at radius 1 is 0.792 bits per heavy atom. The van der Waals surface area contributed by atoms with E-state index in [0.29, 0.717) is 31.6 Å². The average molecular weight is 736 g/mol. The fourth-order valence-corrected chi connectivity index (χ4v) is 5.04. The van der Waals surface area contributed by atoms with Crippen molar-refractivity contribution in [1.29, 1.82) is 0 Å². The van der Waals surface area contributed by atoms with Crippen molar-refractivity contribution in [2.75, 3.05) is 25.0 Å². The number of aryl methyl sites for hydroxylation is 1. The third-order valence-electron chi connectivity index (χ3n) is 7.41. The summed E-state index contributed by atoms with van der Waals surface area (Å²) in [5, 5.41) is 12.2. The van der Waals surface area contributed by atoms with Crippen LogP contribution in [0.25, 0.3) is 10.9 Å². The highest BCUT2D eigenvalue weighted by Crippen LogP contribution is 2.18. The summed E-state index contributed by atoms with van der Waals surface area (Å²) < 4.78 is 15.1. The van der Waals surface area contributed by atoms with Gasteiger partial charge < -0.3 is 35.5 Å². The zero-order chi connectivity index (χ0) is 39.6. The Balaban J connectivity index is 0.00000149. The van der Waals surface area contributed by atoms with Gasteiger partial charge >= 0.3 is 18.2 Å². The van der Waals surface area contributed by atoms with Crippen molar-refractivity contribution >= 4 is 46.6 Å². The number of ether oxygens (including phenoxy) is 3. The van der Waals surface area contributed by atoms with Gasteiger partial charge in [0, 0.05) is 31.3 Å². The smallest absolute Gasteiger partial charge is 0.407 e. The molecule has 0 unspecified atom stereocenters. The molecule has 1 heterocycles. The maximum absolute atomic E-state index is 13.6. The van der Waals surface area contributed by atoms with Crippen LogP contribution in [0.2, 0.25) is 0 Å². The minimum atomic E-state index is -0.824. The van der Waals surface area contributed by atoms with Crippen LogP contribution in [0, 0.1) is 11.8 Å². The van der Waals surface area contributed by atoms with Crippen LogP contribution >= 0.6 is 0 Å². The van der Waals surface area contributed by atoms with Crippen molar-refractivity contribution in [2.45, 2.75) is 98.8 Å². The number of esters is 1. The largest absolute Gasteiger partial charge is 0.466 e. The van der Waals surface area contributed by atoms with Gasteiger partial charge in [-0.15, -0.1) is 0 Å². The van der Waals surface area contributed by atoms with E-state index in [0.717, 1.165) is 16.5 Å². The van der Waals surface area contributed by atoms with Crippen molar-refractivity contribution in [1.82, 2.24) is 20.9 Å². The molecule has 0 saturated carbocycles. The van der Waals surface area contributed by atoms with Gasteiger partial charge in [-0.25, -0.2) is 9.59 Å². The van der Waals surface area contributed by atoms with E-state index in [1.54, 1.807) is 61.6 Å². The molecule has 53 heavy (non-hydrogen) atoms. The number of nitrogens with one attached hydrogen (secondary N) is 4. The molecule has 0 bridgehead atoms. The molecular formula is C40H57N5O8. The minimum Gasteiger partial charge on any atom is -0.466 e. The van der Waals surface area contributed by atoms with E-state index >= 15 is 0 Å².